The van der Waals surface area contributed by atoms with Gasteiger partial charge in [0.15, 0.2) is 0 Å². The molecule has 19 heavy (non-hydrogen) atoms. The van der Waals surface area contributed by atoms with Crippen molar-refractivity contribution in [2.24, 2.45) is 0 Å². The summed E-state index contributed by atoms with van der Waals surface area (Å²) in [7, 11) is 0. The van der Waals surface area contributed by atoms with Gasteiger partial charge in [0.25, 0.3) is 0 Å². The molecule has 1 aliphatic rings. The molecule has 4 nitrogen and oxygen atoms in total. The van der Waals surface area contributed by atoms with Crippen LogP contribution in [0.15, 0.2) is 12.7 Å². The Balaban J connectivity index is 2.43. The number of esters is 1. The molecule has 0 radical (unpaired) electrons. The van der Waals surface area contributed by atoms with Crippen molar-refractivity contribution in [2.45, 2.75) is 57.7 Å². The number of nitrogens with zero attached hydrogens (tertiary/aromatic N) is 1. The molecule has 0 atom stereocenters. The number of ether oxygens (including phenoxy) is 2. The third-order valence-corrected chi connectivity index (χ3v) is 5.98. The van der Waals surface area contributed by atoms with Crippen LogP contribution in [-0.2, 0) is 14.3 Å². The van der Waals surface area contributed by atoms with Gasteiger partial charge in [-0.3, -0.25) is 0 Å². The van der Waals surface area contributed by atoms with E-state index in [4.69, 9.17) is 9.47 Å². The molecule has 0 aliphatic carbocycles. The van der Waals surface area contributed by atoms with Gasteiger partial charge in [0.2, 0.25) is 0 Å². The minimum absolute atomic E-state index is 0.102. The van der Waals surface area contributed by atoms with Gasteiger partial charge in [-0.25, -0.2) is 7.91 Å². The van der Waals surface area contributed by atoms with Crippen LogP contribution in [0.5, 0.6) is 0 Å². The zero-order valence-corrected chi connectivity index (χ0v) is 14.4. The van der Waals surface area contributed by atoms with E-state index in [0.29, 0.717) is 6.61 Å². The fourth-order valence-electron chi connectivity index (χ4n) is 2.70. The van der Waals surface area contributed by atoms with Crippen LogP contribution in [0.25, 0.3) is 0 Å². The molecule has 0 aromatic carbocycles. The summed E-state index contributed by atoms with van der Waals surface area (Å²) in [5.74, 6) is -0.397. The summed E-state index contributed by atoms with van der Waals surface area (Å²) in [6, 6.07) is 0. The second-order valence-electron chi connectivity index (χ2n) is 6.18. The van der Waals surface area contributed by atoms with Crippen LogP contribution < -0.4 is 0 Å². The predicted octanol–water partition coefficient (Wildman–Crippen LogP) is 3.10. The maximum atomic E-state index is 10.9. The van der Waals surface area contributed by atoms with Gasteiger partial charge in [-0.1, -0.05) is 6.58 Å². The molecule has 0 unspecified atom stereocenters. The molecule has 0 saturated carbocycles. The lowest BCUT2D eigenvalue weighted by atomic mass is 9.81. The summed E-state index contributed by atoms with van der Waals surface area (Å²) in [6.07, 6.45) is 3.34. The first-order valence-corrected chi connectivity index (χ1v) is 7.52. The number of carbonyl (C=O) groups excluding carboxylic acids is 1. The van der Waals surface area contributed by atoms with Gasteiger partial charge in [-0.15, -0.1) is 0 Å². The van der Waals surface area contributed by atoms with Crippen molar-refractivity contribution in [3.8, 4) is 0 Å². The van der Waals surface area contributed by atoms with E-state index in [0.717, 1.165) is 12.8 Å². The number of hydrogen-bond acceptors (Lipinski definition) is 4. The molecule has 1 fully saturated rings. The fourth-order valence-corrected chi connectivity index (χ4v) is 3.09. The topological polar surface area (TPSA) is 38.8 Å². The zero-order chi connectivity index (χ0) is 14.7. The smallest absolute Gasteiger partial charge is 0.330 e. The summed E-state index contributed by atoms with van der Waals surface area (Å²) >= 11 is 2.41. The third kappa shape index (κ3) is 4.72. The number of hydrogen-bond donors (Lipinski definition) is 0. The number of carbonyl (C=O) groups is 1. The van der Waals surface area contributed by atoms with Crippen LogP contribution in [0.4, 0.5) is 0 Å². The number of rotatable bonds is 5. The summed E-state index contributed by atoms with van der Waals surface area (Å²) in [6.45, 7) is 13.0. The van der Waals surface area contributed by atoms with Gasteiger partial charge in [-0.05, 0) is 40.5 Å². The molecule has 1 heterocycles. The van der Waals surface area contributed by atoms with E-state index >= 15 is 0 Å². The van der Waals surface area contributed by atoms with E-state index in [1.165, 1.54) is 6.08 Å². The minimum atomic E-state index is -0.397. The van der Waals surface area contributed by atoms with E-state index in [9.17, 15) is 4.79 Å². The standard InChI is InChI=1S/C14H24INO3/c1-6-12(17)19-8-7-18-11-9-13(2,3)16(15)14(4,5)10-11/h6,11H,1,7-10H2,2-5H3. The molecule has 1 rings (SSSR count). The van der Waals surface area contributed by atoms with Crippen LogP contribution in [0.2, 0.25) is 0 Å². The average molecular weight is 381 g/mol. The Kier molecular flexibility index (Phi) is 5.82. The van der Waals surface area contributed by atoms with Crippen molar-refractivity contribution in [1.82, 2.24) is 3.11 Å². The average Bonchev–Trinajstić information content (AvgIpc) is 2.30. The second kappa shape index (κ2) is 6.54. The first-order chi connectivity index (χ1) is 8.69. The van der Waals surface area contributed by atoms with Gasteiger partial charge < -0.3 is 9.47 Å². The molecule has 0 amide bonds. The van der Waals surface area contributed by atoms with Crippen molar-refractivity contribution in [2.75, 3.05) is 13.2 Å². The summed E-state index contributed by atoms with van der Waals surface area (Å²) < 4.78 is 13.2. The molecular formula is C14H24INO3. The highest BCUT2D eigenvalue weighted by Crippen LogP contribution is 2.41. The third-order valence-electron chi connectivity index (χ3n) is 3.37. The summed E-state index contributed by atoms with van der Waals surface area (Å²) in [5.41, 5.74) is 0.204. The Morgan fingerprint density at radius 3 is 2.32 bits per heavy atom. The van der Waals surface area contributed by atoms with Gasteiger partial charge in [0.05, 0.1) is 12.7 Å². The molecule has 110 valence electrons. The van der Waals surface area contributed by atoms with Crippen molar-refractivity contribution in [1.29, 1.82) is 0 Å². The lowest BCUT2D eigenvalue weighted by molar-refractivity contribution is -0.141. The Hall–Kier alpha value is -0.140. The quantitative estimate of drug-likeness (QED) is 0.241. The van der Waals surface area contributed by atoms with Gasteiger partial charge >= 0.3 is 5.97 Å². The Bertz CT molecular complexity index is 324. The highest BCUT2D eigenvalue weighted by molar-refractivity contribution is 14.1. The maximum absolute atomic E-state index is 10.9. The Morgan fingerprint density at radius 1 is 1.32 bits per heavy atom. The van der Waals surface area contributed by atoms with E-state index in [-0.39, 0.29) is 23.8 Å². The first-order valence-electron chi connectivity index (χ1n) is 6.56. The van der Waals surface area contributed by atoms with Crippen molar-refractivity contribution < 1.29 is 14.3 Å². The Labute approximate surface area is 130 Å². The SMILES string of the molecule is C=CC(=O)OCCOC1CC(C)(C)N(I)C(C)(C)C1. The van der Waals surface area contributed by atoms with Crippen LogP contribution in [0.1, 0.15) is 40.5 Å². The molecule has 1 saturated heterocycles. The summed E-state index contributed by atoms with van der Waals surface area (Å²) in [5, 5.41) is 0. The zero-order valence-electron chi connectivity index (χ0n) is 12.2. The van der Waals surface area contributed by atoms with Gasteiger partial charge in [0, 0.05) is 40.0 Å². The maximum Gasteiger partial charge on any atom is 0.330 e. The van der Waals surface area contributed by atoms with Crippen LogP contribution in [0, 0.1) is 0 Å². The first kappa shape index (κ1) is 16.9. The molecule has 5 heteroatoms. The summed E-state index contributed by atoms with van der Waals surface area (Å²) in [4.78, 5) is 10.9. The molecule has 0 spiro atoms. The van der Waals surface area contributed by atoms with Crippen LogP contribution >= 0.6 is 22.9 Å². The van der Waals surface area contributed by atoms with Crippen molar-refractivity contribution in [3.05, 3.63) is 12.7 Å². The fraction of sp³-hybridized carbons (Fsp3) is 0.786. The molecule has 0 N–H and O–H groups in total. The van der Waals surface area contributed by atoms with Crippen LogP contribution in [-0.4, -0.2) is 39.5 Å². The van der Waals surface area contributed by atoms with E-state index in [2.05, 4.69) is 60.3 Å². The van der Waals surface area contributed by atoms with E-state index in [1.807, 2.05) is 0 Å². The number of halogens is 1. The molecule has 1 aliphatic heterocycles. The molecule has 0 aromatic heterocycles. The van der Waals surface area contributed by atoms with Crippen LogP contribution in [0.3, 0.4) is 0 Å². The molecule has 0 aromatic rings. The lowest BCUT2D eigenvalue weighted by Gasteiger charge is -2.51. The monoisotopic (exact) mass is 381 g/mol. The lowest BCUT2D eigenvalue weighted by Crippen LogP contribution is -2.57. The predicted molar refractivity (Wildman–Crippen MR) is 84.1 cm³/mol. The van der Waals surface area contributed by atoms with Gasteiger partial charge in [0.1, 0.15) is 6.61 Å². The molecular weight excluding hydrogens is 357 g/mol. The van der Waals surface area contributed by atoms with E-state index in [1.54, 1.807) is 0 Å². The highest BCUT2D eigenvalue weighted by Gasteiger charge is 2.44. The largest absolute Gasteiger partial charge is 0.460 e. The number of piperidine rings is 1. The Morgan fingerprint density at radius 2 is 1.84 bits per heavy atom. The van der Waals surface area contributed by atoms with E-state index < -0.39 is 5.97 Å². The highest BCUT2D eigenvalue weighted by atomic mass is 127. The van der Waals surface area contributed by atoms with Crippen molar-refractivity contribution >= 4 is 28.8 Å². The molecule has 0 bridgehead atoms. The van der Waals surface area contributed by atoms with Gasteiger partial charge in [-0.2, -0.15) is 0 Å². The second-order valence-corrected chi connectivity index (χ2v) is 7.14. The normalized spacial score (nSPS) is 23.0. The minimum Gasteiger partial charge on any atom is -0.460 e. The van der Waals surface area contributed by atoms with Crippen molar-refractivity contribution in [3.63, 3.8) is 0 Å².